The zero-order valence-electron chi connectivity index (χ0n) is 11.3. The molecule has 2 rings (SSSR count). The van der Waals surface area contributed by atoms with Gasteiger partial charge in [-0.25, -0.2) is 4.79 Å². The zero-order valence-corrected chi connectivity index (χ0v) is 11.3. The summed E-state index contributed by atoms with van der Waals surface area (Å²) >= 11 is 0. The molecule has 1 aromatic rings. The Hall–Kier alpha value is -2.60. The summed E-state index contributed by atoms with van der Waals surface area (Å²) in [5, 5.41) is 9.29. The van der Waals surface area contributed by atoms with E-state index in [1.165, 1.54) is 0 Å². The summed E-state index contributed by atoms with van der Waals surface area (Å²) in [6.07, 6.45) is 5.69. The molecule has 20 heavy (non-hydrogen) atoms. The molecule has 1 aliphatic carbocycles. The highest BCUT2D eigenvalue weighted by atomic mass is 16.6. The molecule has 1 aliphatic rings. The number of ether oxygens (including phenoxy) is 1. The minimum atomic E-state index is -1.23. The van der Waals surface area contributed by atoms with E-state index in [-0.39, 0.29) is 5.57 Å². The van der Waals surface area contributed by atoms with Crippen LogP contribution in [0.1, 0.15) is 18.9 Å². The van der Waals surface area contributed by atoms with Crippen molar-refractivity contribution in [1.29, 1.82) is 5.26 Å². The number of nitriles is 1. The fourth-order valence-electron chi connectivity index (χ4n) is 1.90. The minimum absolute atomic E-state index is 0.283. The molecule has 1 atom stereocenters. The molecule has 100 valence electrons. The highest BCUT2D eigenvalue weighted by Crippen LogP contribution is 2.29. The number of hydrogen-bond donors (Lipinski definition) is 0. The van der Waals surface area contributed by atoms with Crippen molar-refractivity contribution in [1.82, 2.24) is 0 Å². The van der Waals surface area contributed by atoms with E-state index in [1.54, 1.807) is 13.0 Å². The number of hydrogen-bond acceptors (Lipinski definition) is 3. The molecule has 0 aliphatic heterocycles. The van der Waals surface area contributed by atoms with Gasteiger partial charge in [-0.3, -0.25) is 0 Å². The lowest BCUT2D eigenvalue weighted by Crippen LogP contribution is -2.32. The monoisotopic (exact) mass is 265 g/mol. The van der Waals surface area contributed by atoms with Crippen LogP contribution in [0.5, 0.6) is 0 Å². The van der Waals surface area contributed by atoms with E-state index in [0.29, 0.717) is 6.42 Å². The van der Waals surface area contributed by atoms with Crippen LogP contribution in [0, 0.1) is 11.3 Å². The van der Waals surface area contributed by atoms with Crippen molar-refractivity contribution >= 4 is 11.5 Å². The highest BCUT2D eigenvalue weighted by molar-refractivity contribution is 5.88. The molecule has 0 bridgehead atoms. The van der Waals surface area contributed by atoms with Crippen LogP contribution in [0.4, 0.5) is 0 Å². The van der Waals surface area contributed by atoms with Crippen molar-refractivity contribution in [2.24, 2.45) is 0 Å². The molecule has 0 saturated heterocycles. The molecule has 3 nitrogen and oxygen atoms in total. The predicted octanol–water partition coefficient (Wildman–Crippen LogP) is 3.41. The van der Waals surface area contributed by atoms with Crippen molar-refractivity contribution in [3.8, 4) is 6.07 Å². The van der Waals surface area contributed by atoms with Gasteiger partial charge in [-0.1, -0.05) is 49.1 Å². The van der Waals surface area contributed by atoms with Crippen molar-refractivity contribution in [3.05, 3.63) is 66.3 Å². The average molecular weight is 265 g/mol. The van der Waals surface area contributed by atoms with Crippen LogP contribution in [0.3, 0.4) is 0 Å². The van der Waals surface area contributed by atoms with Gasteiger partial charge in [-0.05, 0) is 24.1 Å². The first-order chi connectivity index (χ1) is 9.56. The second-order valence-corrected chi connectivity index (χ2v) is 4.73. The molecule has 0 spiro atoms. The summed E-state index contributed by atoms with van der Waals surface area (Å²) in [6.45, 7) is 5.09. The summed E-state index contributed by atoms with van der Waals surface area (Å²) in [5.41, 5.74) is 1.14. The van der Waals surface area contributed by atoms with Gasteiger partial charge < -0.3 is 4.74 Å². The first kappa shape index (κ1) is 13.8. The van der Waals surface area contributed by atoms with Gasteiger partial charge in [-0.2, -0.15) is 5.26 Å². The van der Waals surface area contributed by atoms with Gasteiger partial charge in [0, 0.05) is 12.0 Å². The number of rotatable bonds is 3. The van der Waals surface area contributed by atoms with Gasteiger partial charge in [0.15, 0.2) is 0 Å². The smallest absolute Gasteiger partial charge is 0.334 e. The summed E-state index contributed by atoms with van der Waals surface area (Å²) in [4.78, 5) is 11.6. The number of carbonyl (C=O) groups is 1. The first-order valence-corrected chi connectivity index (χ1v) is 6.31. The molecule has 0 fully saturated rings. The molecular weight excluding hydrogens is 250 g/mol. The number of benzene rings is 1. The Labute approximate surface area is 118 Å². The Morgan fingerprint density at radius 3 is 2.60 bits per heavy atom. The van der Waals surface area contributed by atoms with Gasteiger partial charge >= 0.3 is 5.97 Å². The van der Waals surface area contributed by atoms with Crippen LogP contribution in [-0.2, 0) is 9.53 Å². The second kappa shape index (κ2) is 5.58. The van der Waals surface area contributed by atoms with E-state index in [4.69, 9.17) is 4.74 Å². The maximum atomic E-state index is 11.6. The summed E-state index contributed by atoms with van der Waals surface area (Å²) < 4.78 is 5.24. The molecule has 0 radical (unpaired) electrons. The molecule has 1 aromatic carbocycles. The topological polar surface area (TPSA) is 50.1 Å². The van der Waals surface area contributed by atoms with Crippen LogP contribution in [-0.4, -0.2) is 11.6 Å². The van der Waals surface area contributed by atoms with Gasteiger partial charge in [0.2, 0.25) is 5.60 Å². The maximum Gasteiger partial charge on any atom is 0.334 e. The van der Waals surface area contributed by atoms with Crippen molar-refractivity contribution in [2.45, 2.75) is 18.9 Å². The maximum absolute atomic E-state index is 11.6. The van der Waals surface area contributed by atoms with Crippen LogP contribution in [0.15, 0.2) is 60.7 Å². The Morgan fingerprint density at radius 1 is 1.40 bits per heavy atom. The summed E-state index contributed by atoms with van der Waals surface area (Å²) in [7, 11) is 0. The van der Waals surface area contributed by atoms with E-state index in [2.05, 4.69) is 12.6 Å². The molecule has 0 aromatic heterocycles. The minimum Gasteiger partial charge on any atom is -0.436 e. The fourth-order valence-corrected chi connectivity index (χ4v) is 1.90. The Bertz CT molecular complexity index is 635. The third-order valence-corrected chi connectivity index (χ3v) is 3.08. The highest BCUT2D eigenvalue weighted by Gasteiger charge is 2.32. The number of allylic oxidation sites excluding steroid dienone is 2. The Kier molecular flexibility index (Phi) is 3.86. The van der Waals surface area contributed by atoms with E-state index in [9.17, 15) is 10.1 Å². The molecule has 0 saturated carbocycles. The molecule has 0 amide bonds. The van der Waals surface area contributed by atoms with Crippen LogP contribution in [0.25, 0.3) is 5.57 Å². The summed E-state index contributed by atoms with van der Waals surface area (Å²) in [6, 6.07) is 11.9. The zero-order chi connectivity index (χ0) is 14.6. The van der Waals surface area contributed by atoms with Crippen LogP contribution in [0.2, 0.25) is 0 Å². The van der Waals surface area contributed by atoms with Crippen molar-refractivity contribution in [2.75, 3.05) is 0 Å². The molecular formula is C17H15NO2. The second-order valence-electron chi connectivity index (χ2n) is 4.73. The van der Waals surface area contributed by atoms with Gasteiger partial charge in [0.1, 0.15) is 6.07 Å². The Balaban J connectivity index is 2.18. The SMILES string of the molecule is C=C(C)C(=O)OC1(C#N)C=CC(c2ccccc2)=CC1. The van der Waals surface area contributed by atoms with Gasteiger partial charge in [-0.15, -0.1) is 0 Å². The lowest BCUT2D eigenvalue weighted by Gasteiger charge is -2.25. The lowest BCUT2D eigenvalue weighted by atomic mass is 9.90. The van der Waals surface area contributed by atoms with E-state index >= 15 is 0 Å². The molecule has 0 heterocycles. The average Bonchev–Trinajstić information content (AvgIpc) is 2.48. The quantitative estimate of drug-likeness (QED) is 0.621. The fraction of sp³-hybridized carbons (Fsp3) is 0.176. The normalized spacial score (nSPS) is 20.7. The number of nitrogens with zero attached hydrogens (tertiary/aromatic N) is 1. The number of carbonyl (C=O) groups excluding carboxylic acids is 1. The molecule has 1 unspecified atom stereocenters. The molecule has 0 N–H and O–H groups in total. The molecule has 3 heteroatoms. The van der Waals surface area contributed by atoms with Crippen LogP contribution < -0.4 is 0 Å². The number of esters is 1. The van der Waals surface area contributed by atoms with E-state index in [1.807, 2.05) is 42.5 Å². The largest absolute Gasteiger partial charge is 0.436 e. The van der Waals surface area contributed by atoms with E-state index in [0.717, 1.165) is 11.1 Å². The summed E-state index contributed by atoms with van der Waals surface area (Å²) in [5.74, 6) is -0.548. The standard InChI is InChI=1S/C17H15NO2/c1-13(2)16(19)20-17(12-18)10-8-15(9-11-17)14-6-4-3-5-7-14/h3-10H,1,11H2,2H3. The Morgan fingerprint density at radius 2 is 2.10 bits per heavy atom. The first-order valence-electron chi connectivity index (χ1n) is 6.31. The predicted molar refractivity (Wildman–Crippen MR) is 77.4 cm³/mol. The van der Waals surface area contributed by atoms with Gasteiger partial charge in [0.05, 0.1) is 0 Å². The van der Waals surface area contributed by atoms with Crippen LogP contribution >= 0.6 is 0 Å². The van der Waals surface area contributed by atoms with E-state index < -0.39 is 11.6 Å². The lowest BCUT2D eigenvalue weighted by molar-refractivity contribution is -0.146. The van der Waals surface area contributed by atoms with Crippen molar-refractivity contribution < 1.29 is 9.53 Å². The van der Waals surface area contributed by atoms with Gasteiger partial charge in [0.25, 0.3) is 0 Å². The third-order valence-electron chi connectivity index (χ3n) is 3.08. The third kappa shape index (κ3) is 2.86. The van der Waals surface area contributed by atoms with Crippen molar-refractivity contribution in [3.63, 3.8) is 0 Å².